The number of ether oxygens (including phenoxy) is 3. The molecule has 0 aliphatic rings. The van der Waals surface area contributed by atoms with E-state index in [4.69, 9.17) is 14.2 Å². The van der Waals surface area contributed by atoms with Gasteiger partial charge in [-0.2, -0.15) is 9.78 Å². The van der Waals surface area contributed by atoms with Crippen molar-refractivity contribution in [2.24, 2.45) is 5.10 Å². The number of fused-ring (bicyclic) bond motifs is 1. The fourth-order valence-electron chi connectivity index (χ4n) is 3.13. The van der Waals surface area contributed by atoms with Crippen LogP contribution in [0, 0.1) is 0 Å². The average molecular weight is 581 g/mol. The van der Waals surface area contributed by atoms with Gasteiger partial charge in [0, 0.05) is 20.9 Å². The fourth-order valence-corrected chi connectivity index (χ4v) is 3.91. The Bertz CT molecular complexity index is 1270. The van der Waals surface area contributed by atoms with Crippen LogP contribution >= 0.6 is 31.9 Å². The van der Waals surface area contributed by atoms with Gasteiger partial charge in [0.2, 0.25) is 0 Å². The van der Waals surface area contributed by atoms with Crippen molar-refractivity contribution in [2.75, 3.05) is 14.2 Å². The topological polar surface area (TPSA) is 92.0 Å². The van der Waals surface area contributed by atoms with Crippen molar-refractivity contribution in [3.8, 4) is 11.5 Å². The van der Waals surface area contributed by atoms with E-state index in [-0.39, 0.29) is 5.56 Å². The zero-order valence-electron chi connectivity index (χ0n) is 18.6. The molecule has 0 radical (unpaired) electrons. The van der Waals surface area contributed by atoms with Crippen molar-refractivity contribution in [3.63, 3.8) is 0 Å². The van der Waals surface area contributed by atoms with Crippen LogP contribution in [0.15, 0.2) is 49.2 Å². The summed E-state index contributed by atoms with van der Waals surface area (Å²) in [5.74, 6) is 0.832. The number of benzene rings is 2. The van der Waals surface area contributed by atoms with E-state index in [2.05, 4.69) is 41.9 Å². The summed E-state index contributed by atoms with van der Waals surface area (Å²) in [6, 6.07) is 8.77. The molecule has 1 aromatic heterocycles. The van der Waals surface area contributed by atoms with Crippen molar-refractivity contribution in [3.05, 3.63) is 61.0 Å². The normalized spacial score (nSPS) is 12.2. The quantitative estimate of drug-likeness (QED) is 0.283. The predicted molar refractivity (Wildman–Crippen MR) is 133 cm³/mol. The molecular formula is C23H23Br2N3O5. The summed E-state index contributed by atoms with van der Waals surface area (Å²) < 4.78 is 18.5. The molecular weight excluding hydrogens is 558 g/mol. The second-order valence-electron chi connectivity index (χ2n) is 7.11. The molecule has 10 heteroatoms. The average Bonchev–Trinajstić information content (AvgIpc) is 2.80. The zero-order chi connectivity index (χ0) is 24.1. The van der Waals surface area contributed by atoms with Crippen LogP contribution in [0.5, 0.6) is 11.5 Å². The Hall–Kier alpha value is -2.72. The Labute approximate surface area is 207 Å². The second-order valence-corrected chi connectivity index (χ2v) is 8.88. The molecule has 0 saturated heterocycles. The maximum absolute atomic E-state index is 13.2. The van der Waals surface area contributed by atoms with E-state index in [1.54, 1.807) is 31.3 Å². The number of aryl methyl sites for hydroxylation is 1. The third kappa shape index (κ3) is 5.62. The Morgan fingerprint density at radius 3 is 2.64 bits per heavy atom. The van der Waals surface area contributed by atoms with E-state index < -0.39 is 12.1 Å². The minimum absolute atomic E-state index is 0.254. The lowest BCUT2D eigenvalue weighted by Gasteiger charge is -2.16. The number of hydrogen-bond acceptors (Lipinski definition) is 7. The first-order chi connectivity index (χ1) is 15.8. The van der Waals surface area contributed by atoms with Gasteiger partial charge in [-0.05, 0) is 59.6 Å². The number of carbonyl (C=O) groups is 1. The van der Waals surface area contributed by atoms with Crippen LogP contribution in [0.1, 0.15) is 31.7 Å². The van der Waals surface area contributed by atoms with Crippen LogP contribution in [-0.2, 0) is 16.0 Å². The van der Waals surface area contributed by atoms with Crippen LogP contribution in [0.3, 0.4) is 0 Å². The maximum atomic E-state index is 13.2. The molecule has 3 rings (SSSR count). The highest BCUT2D eigenvalue weighted by atomic mass is 79.9. The minimum Gasteiger partial charge on any atom is -0.493 e. The molecule has 0 amide bonds. The molecule has 2 aromatic carbocycles. The molecule has 0 fully saturated rings. The van der Waals surface area contributed by atoms with Crippen molar-refractivity contribution in [1.82, 2.24) is 9.66 Å². The van der Waals surface area contributed by atoms with Crippen LogP contribution in [0.2, 0.25) is 0 Å². The van der Waals surface area contributed by atoms with E-state index in [1.165, 1.54) is 18.9 Å². The number of carbonyl (C=O) groups excluding carboxylic acids is 1. The molecule has 0 aliphatic heterocycles. The number of aromatic nitrogens is 2. The Kier molecular flexibility index (Phi) is 8.25. The number of esters is 1. The second kappa shape index (κ2) is 10.9. The Morgan fingerprint density at radius 2 is 1.97 bits per heavy atom. The lowest BCUT2D eigenvalue weighted by Crippen LogP contribution is -2.25. The molecule has 33 heavy (non-hydrogen) atoms. The summed E-state index contributed by atoms with van der Waals surface area (Å²) in [5, 5.41) is 4.91. The summed E-state index contributed by atoms with van der Waals surface area (Å²) in [6.45, 7) is 3.60. The monoisotopic (exact) mass is 579 g/mol. The van der Waals surface area contributed by atoms with E-state index in [1.807, 2.05) is 19.1 Å². The largest absolute Gasteiger partial charge is 0.493 e. The molecule has 174 valence electrons. The maximum Gasteiger partial charge on any atom is 0.346 e. The van der Waals surface area contributed by atoms with Gasteiger partial charge >= 0.3 is 5.97 Å². The first-order valence-corrected chi connectivity index (χ1v) is 11.7. The zero-order valence-corrected chi connectivity index (χ0v) is 21.8. The first-order valence-electron chi connectivity index (χ1n) is 10.2. The summed E-state index contributed by atoms with van der Waals surface area (Å²) in [4.78, 5) is 29.5. The van der Waals surface area contributed by atoms with Crippen molar-refractivity contribution < 1.29 is 19.0 Å². The van der Waals surface area contributed by atoms with Crippen molar-refractivity contribution in [2.45, 2.75) is 32.8 Å². The third-order valence-electron chi connectivity index (χ3n) is 4.78. The third-order valence-corrected chi connectivity index (χ3v) is 5.96. The number of halogens is 2. The smallest absolute Gasteiger partial charge is 0.346 e. The predicted octanol–water partition coefficient (Wildman–Crippen LogP) is 4.71. The van der Waals surface area contributed by atoms with Gasteiger partial charge in [0.1, 0.15) is 5.82 Å². The first kappa shape index (κ1) is 24.9. The number of nitrogens with zero attached hydrogens (tertiary/aromatic N) is 3. The summed E-state index contributed by atoms with van der Waals surface area (Å²) in [7, 11) is 2.79. The van der Waals surface area contributed by atoms with Gasteiger partial charge in [0.15, 0.2) is 17.6 Å². The van der Waals surface area contributed by atoms with Gasteiger partial charge in [0.05, 0.1) is 31.3 Å². The summed E-state index contributed by atoms with van der Waals surface area (Å²) in [6.07, 6.45) is 2.15. The van der Waals surface area contributed by atoms with E-state index in [9.17, 15) is 9.59 Å². The molecule has 1 heterocycles. The Balaban J connectivity index is 2.04. The van der Waals surface area contributed by atoms with E-state index in [0.29, 0.717) is 44.7 Å². The fraction of sp³-hybridized carbons (Fsp3) is 0.304. The number of methoxy groups -OCH3 is 2. The van der Waals surface area contributed by atoms with Crippen LogP contribution in [0.25, 0.3) is 10.9 Å². The van der Waals surface area contributed by atoms with Gasteiger partial charge < -0.3 is 14.2 Å². The molecule has 0 bridgehead atoms. The van der Waals surface area contributed by atoms with Crippen molar-refractivity contribution >= 4 is 54.9 Å². The molecule has 3 aromatic rings. The summed E-state index contributed by atoms with van der Waals surface area (Å²) in [5.41, 5.74) is 1.02. The van der Waals surface area contributed by atoms with Crippen LogP contribution < -0.4 is 15.0 Å². The summed E-state index contributed by atoms with van der Waals surface area (Å²) >= 11 is 6.90. The lowest BCUT2D eigenvalue weighted by atomic mass is 10.2. The van der Waals surface area contributed by atoms with Gasteiger partial charge in [-0.25, -0.2) is 9.78 Å². The molecule has 1 atom stereocenters. The van der Waals surface area contributed by atoms with Gasteiger partial charge in [0.25, 0.3) is 5.56 Å². The molecule has 0 aliphatic carbocycles. The van der Waals surface area contributed by atoms with E-state index >= 15 is 0 Å². The molecule has 0 spiro atoms. The minimum atomic E-state index is -0.812. The molecule has 8 nitrogen and oxygen atoms in total. The van der Waals surface area contributed by atoms with Crippen LogP contribution in [0.4, 0.5) is 0 Å². The van der Waals surface area contributed by atoms with E-state index in [0.717, 1.165) is 10.9 Å². The highest BCUT2D eigenvalue weighted by molar-refractivity contribution is 9.10. The molecule has 0 unspecified atom stereocenters. The number of rotatable bonds is 8. The SMILES string of the molecule is CCCc1nc2ccc(Br)cc2c(=O)n1N=Cc1cc(OC)c(O[C@@H](C)C(=O)OC)cc1Br. The highest BCUT2D eigenvalue weighted by Gasteiger charge is 2.19. The van der Waals surface area contributed by atoms with Crippen LogP contribution in [-0.4, -0.2) is 42.2 Å². The molecule has 0 N–H and O–H groups in total. The van der Waals surface area contributed by atoms with Gasteiger partial charge in [-0.15, -0.1) is 0 Å². The number of hydrogen-bond donors (Lipinski definition) is 0. The standard InChI is InChI=1S/C23H23Br2N3O5/c1-5-6-21-27-18-8-7-15(24)10-16(18)22(29)28(21)26-12-14-9-19(31-3)20(11-17(14)25)33-13(2)23(30)32-4/h7-13H,5-6H2,1-4H3/t13-/m0/s1. The van der Waals surface area contributed by atoms with Gasteiger partial charge in [-0.3, -0.25) is 4.79 Å². The van der Waals surface area contributed by atoms with Crippen molar-refractivity contribution in [1.29, 1.82) is 0 Å². The Morgan fingerprint density at radius 1 is 1.21 bits per heavy atom. The highest BCUT2D eigenvalue weighted by Crippen LogP contribution is 2.33. The molecule has 0 saturated carbocycles. The van der Waals surface area contributed by atoms with Gasteiger partial charge in [-0.1, -0.05) is 22.9 Å². The lowest BCUT2D eigenvalue weighted by molar-refractivity contribution is -0.147.